The van der Waals surface area contributed by atoms with Gasteiger partial charge in [0.25, 0.3) is 0 Å². The molecule has 81 heavy (non-hydrogen) atoms. The highest BCUT2D eigenvalue weighted by Crippen LogP contribution is 2.43. The van der Waals surface area contributed by atoms with E-state index in [4.69, 9.17) is 9.05 Å². The first-order valence-electron chi connectivity index (χ1n) is 36.2. The van der Waals surface area contributed by atoms with Gasteiger partial charge in [-0.3, -0.25) is 13.8 Å². The van der Waals surface area contributed by atoms with E-state index in [0.717, 1.165) is 32.1 Å². The van der Waals surface area contributed by atoms with Crippen LogP contribution in [0.25, 0.3) is 0 Å². The van der Waals surface area contributed by atoms with Crippen molar-refractivity contribution in [2.75, 3.05) is 40.9 Å². The summed E-state index contributed by atoms with van der Waals surface area (Å²) in [5, 5.41) is 14.0. The monoisotopic (exact) mass is 1160 g/mol. The number of amides is 1. The number of unbranched alkanes of at least 4 members (excludes halogenated alkanes) is 53. The fourth-order valence-corrected chi connectivity index (χ4v) is 12.0. The van der Waals surface area contributed by atoms with Crippen LogP contribution in [-0.2, 0) is 18.4 Å². The Morgan fingerprint density at radius 1 is 0.407 bits per heavy atom. The summed E-state index contributed by atoms with van der Waals surface area (Å²) in [7, 11) is 1.59. The van der Waals surface area contributed by atoms with E-state index < -0.39 is 20.0 Å². The molecule has 0 heterocycles. The second-order valence-electron chi connectivity index (χ2n) is 26.3. The van der Waals surface area contributed by atoms with Gasteiger partial charge in [-0.25, -0.2) is 4.57 Å². The van der Waals surface area contributed by atoms with Crippen LogP contribution < -0.4 is 5.32 Å². The molecule has 0 aliphatic heterocycles. The van der Waals surface area contributed by atoms with E-state index in [1.54, 1.807) is 6.08 Å². The van der Waals surface area contributed by atoms with Gasteiger partial charge < -0.3 is 19.8 Å². The average Bonchev–Trinajstić information content (AvgIpc) is 3.43. The number of rotatable bonds is 68. The van der Waals surface area contributed by atoms with E-state index in [-0.39, 0.29) is 19.1 Å². The Bertz CT molecular complexity index is 1370. The predicted molar refractivity (Wildman–Crippen MR) is 355 cm³/mol. The lowest BCUT2D eigenvalue weighted by atomic mass is 10.0. The molecule has 9 heteroatoms. The summed E-state index contributed by atoms with van der Waals surface area (Å²) < 4.78 is 23.8. The maximum absolute atomic E-state index is 13.0. The van der Waals surface area contributed by atoms with Gasteiger partial charge >= 0.3 is 7.82 Å². The van der Waals surface area contributed by atoms with Crippen molar-refractivity contribution in [3.63, 3.8) is 0 Å². The van der Waals surface area contributed by atoms with Gasteiger partial charge in [-0.05, 0) is 44.9 Å². The second-order valence-corrected chi connectivity index (χ2v) is 27.8. The molecule has 0 aliphatic carbocycles. The number of hydrogen-bond acceptors (Lipinski definition) is 5. The second kappa shape index (κ2) is 63.5. The number of likely N-dealkylation sites (N-methyl/N-ethyl adjacent to an activating group) is 1. The summed E-state index contributed by atoms with van der Waals surface area (Å²) >= 11 is 0. The molecule has 0 rings (SSSR count). The summed E-state index contributed by atoms with van der Waals surface area (Å²) in [6.07, 6.45) is 83.5. The highest BCUT2D eigenvalue weighted by atomic mass is 31.2. The van der Waals surface area contributed by atoms with E-state index >= 15 is 0 Å². The number of phosphoric ester groups is 1. The predicted octanol–water partition coefficient (Wildman–Crippen LogP) is 23.1. The van der Waals surface area contributed by atoms with Crippen molar-refractivity contribution >= 4 is 13.7 Å². The molecule has 0 saturated carbocycles. The number of nitrogens with one attached hydrogen (secondary N) is 1. The van der Waals surface area contributed by atoms with Crippen molar-refractivity contribution in [1.29, 1.82) is 0 Å². The van der Waals surface area contributed by atoms with Gasteiger partial charge in [-0.2, -0.15) is 0 Å². The van der Waals surface area contributed by atoms with Gasteiger partial charge in [0.15, 0.2) is 0 Å². The first-order chi connectivity index (χ1) is 39.5. The maximum atomic E-state index is 13.0. The molecule has 482 valence electrons. The minimum Gasteiger partial charge on any atom is -0.387 e. The zero-order valence-corrected chi connectivity index (χ0v) is 56.2. The van der Waals surface area contributed by atoms with E-state index in [1.165, 1.54) is 327 Å². The molecule has 3 N–H and O–H groups in total. The fourth-order valence-electron chi connectivity index (χ4n) is 11.3. The number of allylic oxidation sites excluding steroid dienone is 3. The standard InChI is InChI=1S/C72H143N2O6P/c1-6-8-10-12-14-16-18-20-22-24-26-28-29-30-31-32-33-34-35-36-37-38-39-40-41-42-43-44-45-46-48-50-52-54-56-58-60-62-64-66-72(76)73-70(69-80-81(77,78)79-68-67-74(3,4)5)71(75)65-63-61-59-57-55-53-51-49-47-27-25-23-21-19-17-15-13-11-9-7-2/h36-37,63,65,70-71,75H,6-35,38-62,64,66-69H2,1-5H3,(H-,73,76,77,78)/p+1/b37-36-,65-63+. The number of aliphatic hydroxyl groups is 1. The van der Waals surface area contributed by atoms with E-state index in [9.17, 15) is 19.4 Å². The third kappa shape index (κ3) is 66.4. The topological polar surface area (TPSA) is 105 Å². The quantitative estimate of drug-likeness (QED) is 0.0243. The van der Waals surface area contributed by atoms with Gasteiger partial charge in [0.2, 0.25) is 5.91 Å². The molecule has 8 nitrogen and oxygen atoms in total. The van der Waals surface area contributed by atoms with Crippen molar-refractivity contribution in [2.45, 2.75) is 392 Å². The van der Waals surface area contributed by atoms with Crippen LogP contribution in [0.2, 0.25) is 0 Å². The Kier molecular flexibility index (Phi) is 62.7. The Balaban J connectivity index is 3.92. The van der Waals surface area contributed by atoms with Crippen LogP contribution in [0.5, 0.6) is 0 Å². The number of hydrogen-bond donors (Lipinski definition) is 3. The zero-order chi connectivity index (χ0) is 59.1. The first kappa shape index (κ1) is 80.0. The number of quaternary nitrogens is 1. The summed E-state index contributed by atoms with van der Waals surface area (Å²) in [5.74, 6) is -0.169. The van der Waals surface area contributed by atoms with Crippen molar-refractivity contribution in [1.82, 2.24) is 5.32 Å². The van der Waals surface area contributed by atoms with Crippen molar-refractivity contribution in [2.24, 2.45) is 0 Å². The van der Waals surface area contributed by atoms with Gasteiger partial charge in [0.05, 0.1) is 39.9 Å². The summed E-state index contributed by atoms with van der Waals surface area (Å²) in [5.41, 5.74) is 0. The van der Waals surface area contributed by atoms with Crippen LogP contribution in [0.4, 0.5) is 0 Å². The highest BCUT2D eigenvalue weighted by Gasteiger charge is 2.28. The van der Waals surface area contributed by atoms with Crippen LogP contribution in [0.1, 0.15) is 380 Å². The van der Waals surface area contributed by atoms with Gasteiger partial charge in [0, 0.05) is 6.42 Å². The number of carbonyl (C=O) groups excluding carboxylic acids is 1. The Hall–Kier alpha value is -1.02. The van der Waals surface area contributed by atoms with Crippen LogP contribution in [0.3, 0.4) is 0 Å². The van der Waals surface area contributed by atoms with Crippen molar-refractivity contribution in [3.8, 4) is 0 Å². The fraction of sp³-hybridized carbons (Fsp3) is 0.931. The minimum absolute atomic E-state index is 0.0642. The molecule has 0 fully saturated rings. The molecule has 0 aromatic heterocycles. The lowest BCUT2D eigenvalue weighted by molar-refractivity contribution is -0.870. The molecule has 0 aromatic rings. The summed E-state index contributed by atoms with van der Waals surface area (Å²) in [6.45, 7) is 4.88. The normalized spacial score (nSPS) is 13.7. The van der Waals surface area contributed by atoms with Crippen LogP contribution >= 0.6 is 7.82 Å². The molecule has 3 atom stereocenters. The zero-order valence-electron chi connectivity index (χ0n) is 55.3. The number of nitrogens with zero attached hydrogens (tertiary/aromatic N) is 1. The molecule has 0 aromatic carbocycles. The largest absolute Gasteiger partial charge is 0.472 e. The van der Waals surface area contributed by atoms with E-state index in [1.807, 2.05) is 27.2 Å². The SMILES string of the molecule is CCCCCCCCCCCCCCCCCCCC/C=C\CCCCCCCCCCCCCCCCCCCC(=O)NC(COP(=O)(O)OCC[N+](C)(C)C)C(O)/C=C/CCCCCCCCCCCCCCCCCCCC. The van der Waals surface area contributed by atoms with Crippen molar-refractivity contribution < 1.29 is 32.9 Å². The molecule has 0 spiro atoms. The van der Waals surface area contributed by atoms with Crippen LogP contribution in [0.15, 0.2) is 24.3 Å². The molecule has 0 bridgehead atoms. The van der Waals surface area contributed by atoms with Gasteiger partial charge in [0.1, 0.15) is 13.2 Å². The smallest absolute Gasteiger partial charge is 0.387 e. The highest BCUT2D eigenvalue weighted by molar-refractivity contribution is 7.47. The summed E-state index contributed by atoms with van der Waals surface area (Å²) in [6, 6.07) is -0.845. The van der Waals surface area contributed by atoms with Crippen LogP contribution in [-0.4, -0.2) is 73.4 Å². The molecule has 1 amide bonds. The van der Waals surface area contributed by atoms with Crippen molar-refractivity contribution in [3.05, 3.63) is 24.3 Å². The molecule has 3 unspecified atom stereocenters. The minimum atomic E-state index is -4.35. The molecular weight excluding hydrogens is 1020 g/mol. The Morgan fingerprint density at radius 2 is 0.667 bits per heavy atom. The van der Waals surface area contributed by atoms with Crippen LogP contribution in [0, 0.1) is 0 Å². The van der Waals surface area contributed by atoms with Gasteiger partial charge in [-0.15, -0.1) is 0 Å². The first-order valence-corrected chi connectivity index (χ1v) is 37.7. The maximum Gasteiger partial charge on any atom is 0.472 e. The van der Waals surface area contributed by atoms with Gasteiger partial charge in [-0.1, -0.05) is 353 Å². The van der Waals surface area contributed by atoms with E-state index in [2.05, 4.69) is 31.3 Å². The third-order valence-corrected chi connectivity index (χ3v) is 17.9. The number of aliphatic hydroxyl groups excluding tert-OH is 1. The Labute approximate surface area is 506 Å². The number of carbonyl (C=O) groups is 1. The average molecular weight is 1160 g/mol. The Morgan fingerprint density at radius 3 is 0.951 bits per heavy atom. The number of phosphoric acid groups is 1. The summed E-state index contributed by atoms with van der Waals surface area (Å²) in [4.78, 5) is 23.4. The molecule has 0 radical (unpaired) electrons. The lowest BCUT2D eigenvalue weighted by Crippen LogP contribution is -2.45. The molecule has 0 saturated heterocycles. The molecule has 0 aliphatic rings. The molecular formula is C72H144N2O6P+. The lowest BCUT2D eigenvalue weighted by Gasteiger charge is -2.25. The third-order valence-electron chi connectivity index (χ3n) is 16.9. The van der Waals surface area contributed by atoms with E-state index in [0.29, 0.717) is 17.4 Å².